The first-order chi connectivity index (χ1) is 12.3. The Labute approximate surface area is 147 Å². The highest BCUT2D eigenvalue weighted by molar-refractivity contribution is 5.75. The number of methoxy groups -OCH3 is 1. The maximum Gasteiger partial charge on any atom is 0.220 e. The van der Waals surface area contributed by atoms with E-state index in [1.807, 2.05) is 47.1 Å². The van der Waals surface area contributed by atoms with Crippen molar-refractivity contribution in [3.05, 3.63) is 66.2 Å². The van der Waals surface area contributed by atoms with Crippen LogP contribution in [0, 0.1) is 0 Å². The summed E-state index contributed by atoms with van der Waals surface area (Å²) in [6.45, 7) is 0.454. The number of hydrogen-bond donors (Lipinski definition) is 1. The monoisotopic (exact) mass is 337 g/mol. The van der Waals surface area contributed by atoms with Crippen LogP contribution in [0.2, 0.25) is 0 Å². The van der Waals surface area contributed by atoms with Gasteiger partial charge in [0.05, 0.1) is 25.4 Å². The first-order valence-electron chi connectivity index (χ1n) is 8.57. The lowest BCUT2D eigenvalue weighted by atomic mass is 10.1. The molecule has 0 bridgehead atoms. The molecule has 0 fully saturated rings. The molecule has 0 unspecified atom stereocenters. The van der Waals surface area contributed by atoms with E-state index in [9.17, 15) is 4.79 Å². The Balaban J connectivity index is 1.38. The van der Waals surface area contributed by atoms with Gasteiger partial charge in [-0.3, -0.25) is 4.79 Å². The van der Waals surface area contributed by atoms with Gasteiger partial charge in [0.25, 0.3) is 0 Å². The van der Waals surface area contributed by atoms with Crippen LogP contribution in [0.4, 0.5) is 0 Å². The SMILES string of the molecule is COc1ccc(CCCCC(=O)NCc2ncc3ccccn23)cc1. The molecular weight excluding hydrogens is 314 g/mol. The lowest BCUT2D eigenvalue weighted by Gasteiger charge is -2.06. The molecule has 0 aliphatic rings. The van der Waals surface area contributed by atoms with Gasteiger partial charge in [-0.05, 0) is 49.1 Å². The Morgan fingerprint density at radius 3 is 2.80 bits per heavy atom. The lowest BCUT2D eigenvalue weighted by molar-refractivity contribution is -0.121. The van der Waals surface area contributed by atoms with Crippen molar-refractivity contribution in [1.29, 1.82) is 0 Å². The van der Waals surface area contributed by atoms with Crippen molar-refractivity contribution in [1.82, 2.24) is 14.7 Å². The van der Waals surface area contributed by atoms with E-state index < -0.39 is 0 Å². The normalized spacial score (nSPS) is 10.8. The Bertz CT molecular complexity index is 824. The van der Waals surface area contributed by atoms with Crippen LogP contribution in [0.5, 0.6) is 5.75 Å². The molecule has 5 heteroatoms. The topological polar surface area (TPSA) is 55.6 Å². The van der Waals surface area contributed by atoms with Crippen LogP contribution in [-0.2, 0) is 17.8 Å². The van der Waals surface area contributed by atoms with Gasteiger partial charge in [0.15, 0.2) is 0 Å². The number of imidazole rings is 1. The number of ether oxygens (including phenoxy) is 1. The molecule has 1 aromatic carbocycles. The number of benzene rings is 1. The molecule has 0 saturated carbocycles. The Kier molecular flexibility index (Phi) is 5.67. The van der Waals surface area contributed by atoms with Gasteiger partial charge in [-0.1, -0.05) is 18.2 Å². The number of hydrogen-bond acceptors (Lipinski definition) is 3. The van der Waals surface area contributed by atoms with Crippen molar-refractivity contribution in [2.75, 3.05) is 7.11 Å². The minimum atomic E-state index is 0.0717. The Hall–Kier alpha value is -2.82. The molecule has 0 radical (unpaired) electrons. The third-order valence-corrected chi connectivity index (χ3v) is 4.24. The summed E-state index contributed by atoms with van der Waals surface area (Å²) in [5.74, 6) is 1.79. The van der Waals surface area contributed by atoms with Gasteiger partial charge in [0.1, 0.15) is 11.6 Å². The van der Waals surface area contributed by atoms with Gasteiger partial charge >= 0.3 is 0 Å². The number of fused-ring (bicyclic) bond motifs is 1. The first-order valence-corrected chi connectivity index (χ1v) is 8.57. The molecule has 25 heavy (non-hydrogen) atoms. The number of nitrogens with zero attached hydrogens (tertiary/aromatic N) is 2. The lowest BCUT2D eigenvalue weighted by Crippen LogP contribution is -2.23. The number of rotatable bonds is 8. The van der Waals surface area contributed by atoms with E-state index in [1.54, 1.807) is 7.11 Å². The highest BCUT2D eigenvalue weighted by Crippen LogP contribution is 2.13. The maximum absolute atomic E-state index is 12.0. The summed E-state index contributed by atoms with van der Waals surface area (Å²) >= 11 is 0. The second-order valence-electron chi connectivity index (χ2n) is 6.00. The van der Waals surface area contributed by atoms with Crippen molar-refractivity contribution in [2.45, 2.75) is 32.2 Å². The quantitative estimate of drug-likeness (QED) is 0.641. The van der Waals surface area contributed by atoms with Crippen LogP contribution in [0.15, 0.2) is 54.9 Å². The third-order valence-electron chi connectivity index (χ3n) is 4.24. The molecule has 0 aliphatic carbocycles. The van der Waals surface area contributed by atoms with Gasteiger partial charge in [-0.15, -0.1) is 0 Å². The Morgan fingerprint density at radius 2 is 2.00 bits per heavy atom. The smallest absolute Gasteiger partial charge is 0.220 e. The molecule has 0 saturated heterocycles. The molecule has 0 atom stereocenters. The van der Waals surface area contributed by atoms with E-state index in [2.05, 4.69) is 22.4 Å². The number of pyridine rings is 1. The number of carbonyl (C=O) groups is 1. The van der Waals surface area contributed by atoms with E-state index in [4.69, 9.17) is 4.74 Å². The van der Waals surface area contributed by atoms with Gasteiger partial charge < -0.3 is 14.5 Å². The summed E-state index contributed by atoms with van der Waals surface area (Å²) in [5.41, 5.74) is 2.30. The van der Waals surface area contributed by atoms with Crippen LogP contribution < -0.4 is 10.1 Å². The van der Waals surface area contributed by atoms with Crippen LogP contribution in [0.3, 0.4) is 0 Å². The van der Waals surface area contributed by atoms with Crippen molar-refractivity contribution in [2.24, 2.45) is 0 Å². The summed E-state index contributed by atoms with van der Waals surface area (Å²) in [6, 6.07) is 14.0. The molecule has 2 heterocycles. The van der Waals surface area contributed by atoms with Gasteiger partial charge in [0.2, 0.25) is 5.91 Å². The fourth-order valence-corrected chi connectivity index (χ4v) is 2.80. The summed E-state index contributed by atoms with van der Waals surface area (Å²) in [5, 5.41) is 2.95. The summed E-state index contributed by atoms with van der Waals surface area (Å²) < 4.78 is 7.14. The highest BCUT2D eigenvalue weighted by Gasteiger charge is 2.06. The molecule has 3 rings (SSSR count). The van der Waals surface area contributed by atoms with Crippen molar-refractivity contribution in [3.8, 4) is 5.75 Å². The average Bonchev–Trinajstić information content (AvgIpc) is 3.07. The van der Waals surface area contributed by atoms with Crippen LogP contribution >= 0.6 is 0 Å². The van der Waals surface area contributed by atoms with Crippen LogP contribution in [0.1, 0.15) is 30.7 Å². The number of unbranched alkanes of at least 4 members (excludes halogenated alkanes) is 1. The number of amides is 1. The molecule has 5 nitrogen and oxygen atoms in total. The average molecular weight is 337 g/mol. The molecule has 3 aromatic rings. The third kappa shape index (κ3) is 4.59. The molecular formula is C20H23N3O2. The highest BCUT2D eigenvalue weighted by atomic mass is 16.5. The molecule has 0 aliphatic heterocycles. The largest absolute Gasteiger partial charge is 0.497 e. The molecule has 1 N–H and O–H groups in total. The van der Waals surface area contributed by atoms with Crippen LogP contribution in [0.25, 0.3) is 5.52 Å². The molecule has 130 valence electrons. The number of nitrogens with one attached hydrogen (secondary N) is 1. The first kappa shape index (κ1) is 17.0. The number of carbonyl (C=O) groups excluding carboxylic acids is 1. The second-order valence-corrected chi connectivity index (χ2v) is 6.00. The maximum atomic E-state index is 12.0. The minimum Gasteiger partial charge on any atom is -0.497 e. The van der Waals surface area contributed by atoms with Crippen molar-refractivity contribution < 1.29 is 9.53 Å². The zero-order valence-electron chi connectivity index (χ0n) is 14.4. The molecule has 2 aromatic heterocycles. The van der Waals surface area contributed by atoms with Gasteiger partial charge in [0, 0.05) is 12.6 Å². The molecule has 0 spiro atoms. The number of aromatic nitrogens is 2. The summed E-state index contributed by atoms with van der Waals surface area (Å²) in [7, 11) is 1.67. The van der Waals surface area contributed by atoms with Gasteiger partial charge in [-0.25, -0.2) is 4.98 Å². The predicted octanol–water partition coefficient (Wildman–Crippen LogP) is 3.37. The number of aryl methyl sites for hydroxylation is 1. The fourth-order valence-electron chi connectivity index (χ4n) is 2.80. The van der Waals surface area contributed by atoms with E-state index in [0.29, 0.717) is 13.0 Å². The second kappa shape index (κ2) is 8.33. The Morgan fingerprint density at radius 1 is 1.16 bits per heavy atom. The molecule has 1 amide bonds. The zero-order valence-corrected chi connectivity index (χ0v) is 14.4. The van der Waals surface area contributed by atoms with E-state index in [-0.39, 0.29) is 5.91 Å². The fraction of sp³-hybridized carbons (Fsp3) is 0.300. The van der Waals surface area contributed by atoms with E-state index in [0.717, 1.165) is 36.4 Å². The standard InChI is InChI=1S/C20H23N3O2/c1-25-18-11-9-16(10-12-18)6-2-3-8-20(24)22-15-19-21-14-17-7-4-5-13-23(17)19/h4-5,7,9-14H,2-3,6,8,15H2,1H3,(H,22,24). The van der Waals surface area contributed by atoms with Gasteiger partial charge in [-0.2, -0.15) is 0 Å². The van der Waals surface area contributed by atoms with E-state index in [1.165, 1.54) is 5.56 Å². The van der Waals surface area contributed by atoms with Crippen LogP contribution in [-0.4, -0.2) is 22.4 Å². The van der Waals surface area contributed by atoms with Crippen molar-refractivity contribution >= 4 is 11.4 Å². The zero-order chi connectivity index (χ0) is 17.5. The predicted molar refractivity (Wildman–Crippen MR) is 97.6 cm³/mol. The van der Waals surface area contributed by atoms with Crippen molar-refractivity contribution in [3.63, 3.8) is 0 Å². The summed E-state index contributed by atoms with van der Waals surface area (Å²) in [6.07, 6.45) is 7.16. The minimum absolute atomic E-state index is 0.0717. The van der Waals surface area contributed by atoms with E-state index >= 15 is 0 Å². The summed E-state index contributed by atoms with van der Waals surface area (Å²) in [4.78, 5) is 16.4.